The SMILES string of the molecule is O=C(C=Cc1ccc(Cc2cnc[nH]2)cc1)Nc1cccc(F)c1. The van der Waals surface area contributed by atoms with Crippen molar-refractivity contribution < 1.29 is 9.18 Å². The Morgan fingerprint density at radius 1 is 1.21 bits per heavy atom. The van der Waals surface area contributed by atoms with E-state index in [-0.39, 0.29) is 11.7 Å². The van der Waals surface area contributed by atoms with Gasteiger partial charge < -0.3 is 10.3 Å². The van der Waals surface area contributed by atoms with Crippen LogP contribution in [0.5, 0.6) is 0 Å². The van der Waals surface area contributed by atoms with Gasteiger partial charge in [0.2, 0.25) is 5.91 Å². The number of benzene rings is 2. The second kappa shape index (κ2) is 7.37. The Morgan fingerprint density at radius 2 is 2.04 bits per heavy atom. The van der Waals surface area contributed by atoms with Gasteiger partial charge >= 0.3 is 0 Å². The van der Waals surface area contributed by atoms with E-state index in [2.05, 4.69) is 15.3 Å². The highest BCUT2D eigenvalue weighted by molar-refractivity contribution is 6.01. The first kappa shape index (κ1) is 15.7. The van der Waals surface area contributed by atoms with E-state index < -0.39 is 0 Å². The predicted molar refractivity (Wildman–Crippen MR) is 91.9 cm³/mol. The highest BCUT2D eigenvalue weighted by Gasteiger charge is 2.00. The second-order valence-electron chi connectivity index (χ2n) is 5.33. The van der Waals surface area contributed by atoms with Crippen molar-refractivity contribution >= 4 is 17.7 Å². The first-order valence-corrected chi connectivity index (χ1v) is 7.50. The lowest BCUT2D eigenvalue weighted by molar-refractivity contribution is -0.111. The molecule has 0 bridgehead atoms. The van der Waals surface area contributed by atoms with Crippen LogP contribution < -0.4 is 5.32 Å². The number of nitrogens with one attached hydrogen (secondary N) is 2. The summed E-state index contributed by atoms with van der Waals surface area (Å²) in [4.78, 5) is 18.9. The first-order valence-electron chi connectivity index (χ1n) is 7.50. The molecule has 0 fully saturated rings. The van der Waals surface area contributed by atoms with Crippen LogP contribution in [-0.2, 0) is 11.2 Å². The molecule has 1 aromatic heterocycles. The number of aromatic amines is 1. The lowest BCUT2D eigenvalue weighted by atomic mass is 10.1. The third-order valence-corrected chi connectivity index (χ3v) is 3.45. The van der Waals surface area contributed by atoms with Gasteiger partial charge in [0.25, 0.3) is 0 Å². The zero-order valence-electron chi connectivity index (χ0n) is 12.9. The number of halogens is 1. The molecule has 24 heavy (non-hydrogen) atoms. The molecule has 2 aromatic carbocycles. The number of hydrogen-bond donors (Lipinski definition) is 2. The van der Waals surface area contributed by atoms with Gasteiger partial charge in [0.15, 0.2) is 0 Å². The van der Waals surface area contributed by atoms with E-state index in [9.17, 15) is 9.18 Å². The van der Waals surface area contributed by atoms with Crippen LogP contribution in [0.15, 0.2) is 67.1 Å². The van der Waals surface area contributed by atoms with Crippen LogP contribution in [0.25, 0.3) is 6.08 Å². The van der Waals surface area contributed by atoms with E-state index >= 15 is 0 Å². The molecule has 4 nitrogen and oxygen atoms in total. The quantitative estimate of drug-likeness (QED) is 0.702. The van der Waals surface area contributed by atoms with Crippen LogP contribution in [0.3, 0.4) is 0 Å². The zero-order chi connectivity index (χ0) is 16.8. The number of hydrogen-bond acceptors (Lipinski definition) is 2. The molecule has 0 saturated carbocycles. The van der Waals surface area contributed by atoms with E-state index in [0.29, 0.717) is 5.69 Å². The summed E-state index contributed by atoms with van der Waals surface area (Å²) in [5, 5.41) is 2.62. The maximum Gasteiger partial charge on any atom is 0.248 e. The summed E-state index contributed by atoms with van der Waals surface area (Å²) in [6, 6.07) is 13.7. The molecule has 1 amide bonds. The summed E-state index contributed by atoms with van der Waals surface area (Å²) in [6.45, 7) is 0. The fraction of sp³-hybridized carbons (Fsp3) is 0.0526. The van der Waals surface area contributed by atoms with Crippen molar-refractivity contribution in [1.82, 2.24) is 9.97 Å². The highest BCUT2D eigenvalue weighted by Crippen LogP contribution is 2.11. The van der Waals surface area contributed by atoms with Gasteiger partial charge in [-0.1, -0.05) is 30.3 Å². The van der Waals surface area contributed by atoms with E-state index in [0.717, 1.165) is 23.2 Å². The van der Waals surface area contributed by atoms with Gasteiger partial charge in [-0.2, -0.15) is 0 Å². The van der Waals surface area contributed by atoms with Gasteiger partial charge in [0.05, 0.1) is 6.33 Å². The summed E-state index contributed by atoms with van der Waals surface area (Å²) in [5.74, 6) is -0.688. The summed E-state index contributed by atoms with van der Waals surface area (Å²) >= 11 is 0. The van der Waals surface area contributed by atoms with Crippen molar-refractivity contribution in [1.29, 1.82) is 0 Å². The van der Waals surface area contributed by atoms with E-state index in [4.69, 9.17) is 0 Å². The molecule has 0 saturated heterocycles. The van der Waals surface area contributed by atoms with Gasteiger partial charge in [0.1, 0.15) is 5.82 Å². The number of anilines is 1. The summed E-state index contributed by atoms with van der Waals surface area (Å²) in [7, 11) is 0. The normalized spacial score (nSPS) is 10.9. The van der Waals surface area contributed by atoms with Crippen molar-refractivity contribution in [2.24, 2.45) is 0 Å². The molecule has 2 N–H and O–H groups in total. The lowest BCUT2D eigenvalue weighted by Gasteiger charge is -2.02. The molecule has 3 aromatic rings. The molecule has 5 heteroatoms. The number of amides is 1. The third kappa shape index (κ3) is 4.39. The number of carbonyl (C=O) groups is 1. The monoisotopic (exact) mass is 321 g/mol. The Balaban J connectivity index is 1.58. The van der Waals surface area contributed by atoms with Crippen LogP contribution >= 0.6 is 0 Å². The topological polar surface area (TPSA) is 57.8 Å². The molecule has 0 aliphatic heterocycles. The minimum Gasteiger partial charge on any atom is -0.348 e. The van der Waals surface area contributed by atoms with E-state index in [1.807, 2.05) is 24.3 Å². The molecule has 0 aliphatic carbocycles. The standard InChI is InChI=1S/C19H16FN3O/c20-16-2-1-3-17(11-16)23-19(24)9-8-14-4-6-15(7-5-14)10-18-12-21-13-22-18/h1-9,11-13H,10H2,(H,21,22)(H,23,24). The number of nitrogens with zero attached hydrogens (tertiary/aromatic N) is 1. The molecule has 0 radical (unpaired) electrons. The minimum absolute atomic E-state index is 0.304. The Hall–Kier alpha value is -3.21. The minimum atomic E-state index is -0.385. The van der Waals surface area contributed by atoms with Crippen molar-refractivity contribution in [3.05, 3.63) is 89.8 Å². The second-order valence-corrected chi connectivity index (χ2v) is 5.33. The average Bonchev–Trinajstić information content (AvgIpc) is 3.07. The van der Waals surface area contributed by atoms with Crippen LogP contribution in [-0.4, -0.2) is 15.9 Å². The van der Waals surface area contributed by atoms with Crippen molar-refractivity contribution in [3.63, 3.8) is 0 Å². The fourth-order valence-electron chi connectivity index (χ4n) is 2.27. The molecule has 0 unspecified atom stereocenters. The Labute approximate surface area is 139 Å². The van der Waals surface area contributed by atoms with E-state index in [1.54, 1.807) is 30.7 Å². The van der Waals surface area contributed by atoms with E-state index in [1.165, 1.54) is 18.2 Å². The zero-order valence-corrected chi connectivity index (χ0v) is 12.9. The number of carbonyl (C=O) groups excluding carboxylic acids is 1. The number of H-pyrrole nitrogens is 1. The fourth-order valence-corrected chi connectivity index (χ4v) is 2.27. The number of aromatic nitrogens is 2. The molecule has 0 aliphatic rings. The van der Waals surface area contributed by atoms with Gasteiger partial charge in [-0.05, 0) is 35.4 Å². The van der Waals surface area contributed by atoms with Crippen molar-refractivity contribution in [2.45, 2.75) is 6.42 Å². The smallest absolute Gasteiger partial charge is 0.248 e. The Bertz CT molecular complexity index is 839. The highest BCUT2D eigenvalue weighted by atomic mass is 19.1. The van der Waals surface area contributed by atoms with Gasteiger partial charge in [-0.15, -0.1) is 0 Å². The number of imidazole rings is 1. The molecular weight excluding hydrogens is 305 g/mol. The maximum atomic E-state index is 13.1. The van der Waals surface area contributed by atoms with Crippen LogP contribution in [0.1, 0.15) is 16.8 Å². The summed E-state index contributed by atoms with van der Waals surface area (Å²) in [5.41, 5.74) is 3.55. The van der Waals surface area contributed by atoms with Crippen LogP contribution in [0.2, 0.25) is 0 Å². The van der Waals surface area contributed by atoms with Crippen LogP contribution in [0, 0.1) is 5.82 Å². The summed E-state index contributed by atoms with van der Waals surface area (Å²) in [6.07, 6.45) is 7.38. The van der Waals surface area contributed by atoms with Gasteiger partial charge in [-0.25, -0.2) is 9.37 Å². The average molecular weight is 321 g/mol. The molecule has 1 heterocycles. The molecule has 120 valence electrons. The summed E-state index contributed by atoms with van der Waals surface area (Å²) < 4.78 is 13.1. The lowest BCUT2D eigenvalue weighted by Crippen LogP contribution is -2.07. The van der Waals surface area contributed by atoms with Crippen molar-refractivity contribution in [3.8, 4) is 0 Å². The third-order valence-electron chi connectivity index (χ3n) is 3.45. The Morgan fingerprint density at radius 3 is 2.75 bits per heavy atom. The predicted octanol–water partition coefficient (Wildman–Crippen LogP) is 3.79. The first-order chi connectivity index (χ1) is 11.7. The van der Waals surface area contributed by atoms with Crippen LogP contribution in [0.4, 0.5) is 10.1 Å². The number of rotatable bonds is 5. The molecule has 0 atom stereocenters. The largest absolute Gasteiger partial charge is 0.348 e. The van der Waals surface area contributed by atoms with Gasteiger partial charge in [-0.3, -0.25) is 4.79 Å². The molecular formula is C19H16FN3O. The molecule has 3 rings (SSSR count). The molecule has 0 spiro atoms. The van der Waals surface area contributed by atoms with Crippen molar-refractivity contribution in [2.75, 3.05) is 5.32 Å². The maximum absolute atomic E-state index is 13.1. The van der Waals surface area contributed by atoms with Gasteiger partial charge in [0, 0.05) is 30.1 Å². The Kier molecular flexibility index (Phi) is 4.81.